The van der Waals surface area contributed by atoms with E-state index in [-0.39, 0.29) is 12.5 Å². The molecule has 0 radical (unpaired) electrons. The maximum atomic E-state index is 10.4. The van der Waals surface area contributed by atoms with Gasteiger partial charge < -0.3 is 20.5 Å². The number of rotatable bonds is 7. The fourth-order valence-corrected chi connectivity index (χ4v) is 1.87. The molecule has 3 N–H and O–H groups in total. The maximum Gasteiger partial charge on any atom is 0.305 e. The second-order valence-corrected chi connectivity index (χ2v) is 4.37. The summed E-state index contributed by atoms with van der Waals surface area (Å²) in [4.78, 5) is 18.5. The van der Waals surface area contributed by atoms with E-state index in [1.807, 2.05) is 0 Å². The molecule has 1 fully saturated rings. The highest BCUT2D eigenvalue weighted by Gasteiger charge is 2.15. The third kappa shape index (κ3) is 4.70. The second kappa shape index (κ2) is 6.89. The number of carbonyl (C=O) groups is 1. The summed E-state index contributed by atoms with van der Waals surface area (Å²) in [5.74, 6) is 0.493. The zero-order valence-electron chi connectivity index (χ0n) is 10.6. The van der Waals surface area contributed by atoms with Gasteiger partial charge in [0.25, 0.3) is 0 Å². The van der Waals surface area contributed by atoms with Gasteiger partial charge in [0.1, 0.15) is 18.0 Å². The zero-order valence-corrected chi connectivity index (χ0v) is 10.6. The number of aromatic nitrogens is 2. The van der Waals surface area contributed by atoms with Gasteiger partial charge in [-0.2, -0.15) is 0 Å². The van der Waals surface area contributed by atoms with E-state index in [2.05, 4.69) is 20.6 Å². The van der Waals surface area contributed by atoms with Crippen LogP contribution >= 0.6 is 0 Å². The molecule has 1 aliphatic rings. The molecule has 0 bridgehead atoms. The Bertz CT molecular complexity index is 421. The SMILES string of the molecule is O=C(O)CCNc1cc(NCC2CCCO2)ncn1. The van der Waals surface area contributed by atoms with Gasteiger partial charge in [-0.05, 0) is 12.8 Å². The zero-order chi connectivity index (χ0) is 13.5. The number of hydrogen-bond donors (Lipinski definition) is 3. The molecule has 1 atom stereocenters. The Morgan fingerprint density at radius 3 is 2.89 bits per heavy atom. The summed E-state index contributed by atoms with van der Waals surface area (Å²) in [6.07, 6.45) is 3.93. The van der Waals surface area contributed by atoms with Gasteiger partial charge in [0.2, 0.25) is 0 Å². The number of aliphatic carboxylic acids is 1. The monoisotopic (exact) mass is 266 g/mol. The molecule has 1 aromatic heterocycles. The van der Waals surface area contributed by atoms with Crippen LogP contribution in [0.1, 0.15) is 19.3 Å². The summed E-state index contributed by atoms with van der Waals surface area (Å²) >= 11 is 0. The molecular weight excluding hydrogens is 248 g/mol. The van der Waals surface area contributed by atoms with Crippen molar-refractivity contribution in [2.75, 3.05) is 30.3 Å². The molecule has 0 spiro atoms. The molecular formula is C12H18N4O3. The van der Waals surface area contributed by atoms with Crippen LogP contribution in [-0.2, 0) is 9.53 Å². The summed E-state index contributed by atoms with van der Waals surface area (Å²) in [5, 5.41) is 14.7. The summed E-state index contributed by atoms with van der Waals surface area (Å²) in [7, 11) is 0. The molecule has 1 aliphatic heterocycles. The third-order valence-corrected chi connectivity index (χ3v) is 2.85. The number of nitrogens with zero attached hydrogens (tertiary/aromatic N) is 2. The molecule has 0 aliphatic carbocycles. The highest BCUT2D eigenvalue weighted by molar-refractivity contribution is 5.67. The van der Waals surface area contributed by atoms with E-state index in [1.54, 1.807) is 6.07 Å². The van der Waals surface area contributed by atoms with Crippen molar-refractivity contribution in [1.29, 1.82) is 0 Å². The quantitative estimate of drug-likeness (QED) is 0.676. The first-order valence-electron chi connectivity index (χ1n) is 6.37. The van der Waals surface area contributed by atoms with Crippen LogP contribution in [0.4, 0.5) is 11.6 Å². The molecule has 19 heavy (non-hydrogen) atoms. The van der Waals surface area contributed by atoms with Crippen molar-refractivity contribution in [3.05, 3.63) is 12.4 Å². The summed E-state index contributed by atoms with van der Waals surface area (Å²) in [6, 6.07) is 1.76. The average Bonchev–Trinajstić information content (AvgIpc) is 2.89. The van der Waals surface area contributed by atoms with Crippen molar-refractivity contribution in [2.45, 2.75) is 25.4 Å². The molecule has 104 valence electrons. The van der Waals surface area contributed by atoms with Gasteiger partial charge in [0.05, 0.1) is 12.5 Å². The van der Waals surface area contributed by atoms with Crippen molar-refractivity contribution in [2.24, 2.45) is 0 Å². The Labute approximate surface area is 111 Å². The first-order chi connectivity index (χ1) is 9.24. The minimum atomic E-state index is -0.835. The van der Waals surface area contributed by atoms with Crippen molar-refractivity contribution >= 4 is 17.6 Å². The van der Waals surface area contributed by atoms with Gasteiger partial charge in [-0.1, -0.05) is 0 Å². The number of hydrogen-bond acceptors (Lipinski definition) is 6. The number of ether oxygens (including phenoxy) is 1. The standard InChI is InChI=1S/C12H18N4O3/c17-12(18)3-4-13-10-6-11(16-8-15-10)14-7-9-2-1-5-19-9/h6,8-9H,1-5,7H2,(H,17,18)(H2,13,14,15,16). The minimum absolute atomic E-state index is 0.0582. The lowest BCUT2D eigenvalue weighted by atomic mass is 10.2. The van der Waals surface area contributed by atoms with Gasteiger partial charge >= 0.3 is 5.97 Å². The van der Waals surface area contributed by atoms with Crippen LogP contribution in [0.15, 0.2) is 12.4 Å². The molecule has 1 unspecified atom stereocenters. The molecule has 0 saturated carbocycles. The molecule has 1 saturated heterocycles. The Hall–Kier alpha value is -1.89. The van der Waals surface area contributed by atoms with E-state index in [9.17, 15) is 4.79 Å². The van der Waals surface area contributed by atoms with Crippen molar-refractivity contribution in [3.8, 4) is 0 Å². The normalized spacial score (nSPS) is 18.2. The lowest BCUT2D eigenvalue weighted by Gasteiger charge is -2.11. The van der Waals surface area contributed by atoms with E-state index in [0.29, 0.717) is 18.2 Å². The van der Waals surface area contributed by atoms with Gasteiger partial charge in [0, 0.05) is 25.8 Å². The molecule has 7 nitrogen and oxygen atoms in total. The Kier molecular flexibility index (Phi) is 4.91. The highest BCUT2D eigenvalue weighted by atomic mass is 16.5. The molecule has 1 aromatic rings. The smallest absolute Gasteiger partial charge is 0.305 e. The minimum Gasteiger partial charge on any atom is -0.481 e. The topological polar surface area (TPSA) is 96.4 Å². The number of anilines is 2. The van der Waals surface area contributed by atoms with E-state index in [4.69, 9.17) is 9.84 Å². The number of carboxylic acid groups (broad SMARTS) is 1. The summed E-state index contributed by atoms with van der Waals surface area (Å²) in [5.41, 5.74) is 0. The van der Waals surface area contributed by atoms with Crippen molar-refractivity contribution in [3.63, 3.8) is 0 Å². The van der Waals surface area contributed by atoms with E-state index < -0.39 is 5.97 Å². The average molecular weight is 266 g/mol. The summed E-state index contributed by atoms with van der Waals surface area (Å²) in [6.45, 7) is 1.90. The van der Waals surface area contributed by atoms with E-state index >= 15 is 0 Å². The van der Waals surface area contributed by atoms with Gasteiger partial charge in [-0.3, -0.25) is 4.79 Å². The number of carboxylic acids is 1. The fourth-order valence-electron chi connectivity index (χ4n) is 1.87. The maximum absolute atomic E-state index is 10.4. The first kappa shape index (κ1) is 13.5. The van der Waals surface area contributed by atoms with E-state index in [0.717, 1.165) is 26.0 Å². The fraction of sp³-hybridized carbons (Fsp3) is 0.583. The van der Waals surface area contributed by atoms with Gasteiger partial charge in [-0.15, -0.1) is 0 Å². The largest absolute Gasteiger partial charge is 0.481 e. The van der Waals surface area contributed by atoms with Crippen LogP contribution in [0, 0.1) is 0 Å². The first-order valence-corrected chi connectivity index (χ1v) is 6.37. The number of nitrogens with one attached hydrogen (secondary N) is 2. The molecule has 2 heterocycles. The highest BCUT2D eigenvalue weighted by Crippen LogP contribution is 2.14. The van der Waals surface area contributed by atoms with Gasteiger partial charge in [-0.25, -0.2) is 9.97 Å². The van der Waals surface area contributed by atoms with Gasteiger partial charge in [0.15, 0.2) is 0 Å². The Morgan fingerprint density at radius 1 is 1.42 bits per heavy atom. The summed E-state index contributed by atoms with van der Waals surface area (Å²) < 4.78 is 5.51. The van der Waals surface area contributed by atoms with Crippen LogP contribution < -0.4 is 10.6 Å². The lowest BCUT2D eigenvalue weighted by molar-refractivity contribution is -0.136. The van der Waals surface area contributed by atoms with Crippen LogP contribution in [-0.4, -0.2) is 46.8 Å². The predicted octanol–water partition coefficient (Wildman–Crippen LogP) is 0.954. The lowest BCUT2D eigenvalue weighted by Crippen LogP contribution is -2.19. The third-order valence-electron chi connectivity index (χ3n) is 2.85. The molecule has 7 heteroatoms. The van der Waals surface area contributed by atoms with Crippen LogP contribution in [0.25, 0.3) is 0 Å². The van der Waals surface area contributed by atoms with Crippen molar-refractivity contribution in [1.82, 2.24) is 9.97 Å². The molecule has 0 amide bonds. The van der Waals surface area contributed by atoms with Crippen LogP contribution in [0.3, 0.4) is 0 Å². The van der Waals surface area contributed by atoms with Crippen LogP contribution in [0.2, 0.25) is 0 Å². The van der Waals surface area contributed by atoms with Crippen molar-refractivity contribution < 1.29 is 14.6 Å². The molecule has 0 aromatic carbocycles. The Morgan fingerprint density at radius 2 is 2.21 bits per heavy atom. The van der Waals surface area contributed by atoms with E-state index in [1.165, 1.54) is 6.33 Å². The van der Waals surface area contributed by atoms with Crippen LogP contribution in [0.5, 0.6) is 0 Å². The second-order valence-electron chi connectivity index (χ2n) is 4.37. The Balaban J connectivity index is 1.78. The molecule has 2 rings (SSSR count). The predicted molar refractivity (Wildman–Crippen MR) is 70.2 cm³/mol.